The molecule has 6 heteroatoms. The maximum atomic E-state index is 12.6. The van der Waals surface area contributed by atoms with E-state index in [4.69, 9.17) is 0 Å². The molecular weight excluding hydrogens is 270 g/mol. The van der Waals surface area contributed by atoms with Gasteiger partial charge in [-0.1, -0.05) is 13.0 Å². The lowest BCUT2D eigenvalue weighted by Crippen LogP contribution is -2.53. The summed E-state index contributed by atoms with van der Waals surface area (Å²) in [5.41, 5.74) is 2.77. The molecule has 0 saturated carbocycles. The molecule has 1 aliphatic carbocycles. The number of nitrogens with one attached hydrogen (secondary N) is 2. The third kappa shape index (κ3) is 2.24. The van der Waals surface area contributed by atoms with Crippen molar-refractivity contribution in [2.45, 2.75) is 32.2 Å². The Balaban J connectivity index is 1.84. The summed E-state index contributed by atoms with van der Waals surface area (Å²) in [7, 11) is 1.84. The standard InChI is InChI=1S/C15H19N3O3/c1-8-5-9-10(11(6-8)16-2)7-18(15(9)21)12-3-4-13(19)17-14(12)20/h6,8,12,16H,3-5,7H2,1-2H3,(H,17,19,20). The maximum Gasteiger partial charge on any atom is 0.251 e. The van der Waals surface area contributed by atoms with Crippen molar-refractivity contribution in [2.24, 2.45) is 5.92 Å². The monoisotopic (exact) mass is 289 g/mol. The number of amides is 3. The first-order valence-electron chi connectivity index (χ1n) is 7.28. The van der Waals surface area contributed by atoms with Crippen LogP contribution < -0.4 is 10.6 Å². The van der Waals surface area contributed by atoms with Gasteiger partial charge in [0.25, 0.3) is 5.91 Å². The van der Waals surface area contributed by atoms with Crippen molar-refractivity contribution in [1.29, 1.82) is 0 Å². The number of hydrogen-bond acceptors (Lipinski definition) is 4. The third-order valence-electron chi connectivity index (χ3n) is 4.37. The molecule has 2 heterocycles. The van der Waals surface area contributed by atoms with E-state index in [1.165, 1.54) is 0 Å². The van der Waals surface area contributed by atoms with Crippen LogP contribution in [0.1, 0.15) is 26.2 Å². The van der Waals surface area contributed by atoms with E-state index in [9.17, 15) is 14.4 Å². The minimum Gasteiger partial charge on any atom is -0.388 e. The summed E-state index contributed by atoms with van der Waals surface area (Å²) in [6.07, 6.45) is 3.53. The van der Waals surface area contributed by atoms with E-state index in [2.05, 4.69) is 23.6 Å². The minimum absolute atomic E-state index is 0.0628. The lowest BCUT2D eigenvalue weighted by atomic mass is 9.90. The summed E-state index contributed by atoms with van der Waals surface area (Å²) < 4.78 is 0. The average Bonchev–Trinajstić information content (AvgIpc) is 2.76. The van der Waals surface area contributed by atoms with Gasteiger partial charge in [0.05, 0.1) is 0 Å². The summed E-state index contributed by atoms with van der Waals surface area (Å²) in [6.45, 7) is 2.52. The Hall–Kier alpha value is -2.11. The first-order valence-corrected chi connectivity index (χ1v) is 7.28. The highest BCUT2D eigenvalue weighted by atomic mass is 16.2. The van der Waals surface area contributed by atoms with E-state index in [1.807, 2.05) is 7.05 Å². The van der Waals surface area contributed by atoms with Crippen LogP contribution in [0.2, 0.25) is 0 Å². The molecule has 0 spiro atoms. The number of carbonyl (C=O) groups is 3. The zero-order chi connectivity index (χ0) is 15.1. The smallest absolute Gasteiger partial charge is 0.251 e. The molecule has 6 nitrogen and oxygen atoms in total. The minimum atomic E-state index is -0.533. The largest absolute Gasteiger partial charge is 0.388 e. The van der Waals surface area contributed by atoms with Gasteiger partial charge in [0.1, 0.15) is 6.04 Å². The van der Waals surface area contributed by atoms with Crippen LogP contribution in [0.15, 0.2) is 22.9 Å². The van der Waals surface area contributed by atoms with Gasteiger partial charge in [-0.2, -0.15) is 0 Å². The van der Waals surface area contributed by atoms with Gasteiger partial charge in [-0.25, -0.2) is 0 Å². The fraction of sp³-hybridized carbons (Fsp3) is 0.533. The molecule has 2 atom stereocenters. The van der Waals surface area contributed by atoms with E-state index in [0.29, 0.717) is 25.3 Å². The van der Waals surface area contributed by atoms with Crippen molar-refractivity contribution < 1.29 is 14.4 Å². The third-order valence-corrected chi connectivity index (χ3v) is 4.37. The molecule has 0 aromatic heterocycles. The Morgan fingerprint density at radius 3 is 2.71 bits per heavy atom. The summed E-state index contributed by atoms with van der Waals surface area (Å²) in [6, 6.07) is -0.533. The lowest BCUT2D eigenvalue weighted by molar-refractivity contribution is -0.142. The van der Waals surface area contributed by atoms with E-state index in [-0.39, 0.29) is 24.1 Å². The van der Waals surface area contributed by atoms with Crippen LogP contribution in [0, 0.1) is 5.92 Å². The van der Waals surface area contributed by atoms with Crippen molar-refractivity contribution in [2.75, 3.05) is 13.6 Å². The molecule has 112 valence electrons. The molecule has 0 aromatic rings. The predicted molar refractivity (Wildman–Crippen MR) is 75.8 cm³/mol. The highest BCUT2D eigenvalue weighted by Crippen LogP contribution is 2.35. The van der Waals surface area contributed by atoms with Crippen LogP contribution in [-0.2, 0) is 14.4 Å². The predicted octanol–water partition coefficient (Wildman–Crippen LogP) is 0.0735. The van der Waals surface area contributed by atoms with Crippen LogP contribution in [0.25, 0.3) is 0 Å². The number of piperidine rings is 1. The van der Waals surface area contributed by atoms with Gasteiger partial charge in [-0.05, 0) is 18.8 Å². The second-order valence-electron chi connectivity index (χ2n) is 5.87. The van der Waals surface area contributed by atoms with Crippen molar-refractivity contribution in [3.8, 4) is 0 Å². The highest BCUT2D eigenvalue weighted by molar-refractivity contribution is 6.05. The van der Waals surface area contributed by atoms with Gasteiger partial charge in [0.2, 0.25) is 11.8 Å². The number of imide groups is 1. The highest BCUT2D eigenvalue weighted by Gasteiger charge is 2.42. The van der Waals surface area contributed by atoms with Gasteiger partial charge in [0.15, 0.2) is 0 Å². The Labute approximate surface area is 123 Å². The molecule has 1 saturated heterocycles. The molecule has 0 radical (unpaired) electrons. The Bertz CT molecular complexity index is 591. The number of nitrogens with zero attached hydrogens (tertiary/aromatic N) is 1. The maximum absolute atomic E-state index is 12.6. The number of likely N-dealkylation sites (N-methyl/N-ethyl adjacent to an activating group) is 1. The van der Waals surface area contributed by atoms with Crippen LogP contribution in [0.3, 0.4) is 0 Å². The summed E-state index contributed by atoms with van der Waals surface area (Å²) in [4.78, 5) is 37.5. The molecular formula is C15H19N3O3. The van der Waals surface area contributed by atoms with Crippen molar-refractivity contribution in [3.05, 3.63) is 22.9 Å². The fourth-order valence-electron chi connectivity index (χ4n) is 3.33. The molecule has 2 unspecified atom stereocenters. The van der Waals surface area contributed by atoms with Crippen LogP contribution in [0.4, 0.5) is 0 Å². The van der Waals surface area contributed by atoms with Gasteiger partial charge >= 0.3 is 0 Å². The van der Waals surface area contributed by atoms with Crippen LogP contribution >= 0.6 is 0 Å². The molecule has 21 heavy (non-hydrogen) atoms. The van der Waals surface area contributed by atoms with Crippen molar-refractivity contribution >= 4 is 17.7 Å². The van der Waals surface area contributed by atoms with Crippen LogP contribution in [-0.4, -0.2) is 42.3 Å². The Morgan fingerprint density at radius 1 is 1.29 bits per heavy atom. The molecule has 0 bridgehead atoms. The van der Waals surface area contributed by atoms with E-state index in [0.717, 1.165) is 16.8 Å². The fourth-order valence-corrected chi connectivity index (χ4v) is 3.33. The topological polar surface area (TPSA) is 78.5 Å². The summed E-state index contributed by atoms with van der Waals surface area (Å²) in [5.74, 6) is -0.378. The lowest BCUT2D eigenvalue weighted by Gasteiger charge is -2.30. The van der Waals surface area contributed by atoms with Crippen molar-refractivity contribution in [1.82, 2.24) is 15.5 Å². The summed E-state index contributed by atoms with van der Waals surface area (Å²) >= 11 is 0. The van der Waals surface area contributed by atoms with Crippen LogP contribution in [0.5, 0.6) is 0 Å². The molecule has 2 N–H and O–H groups in total. The van der Waals surface area contributed by atoms with Gasteiger partial charge in [-0.15, -0.1) is 0 Å². The first kappa shape index (κ1) is 13.9. The van der Waals surface area contributed by atoms with Gasteiger partial charge in [0, 0.05) is 36.9 Å². The number of hydrogen-bond donors (Lipinski definition) is 2. The zero-order valence-corrected chi connectivity index (χ0v) is 12.2. The van der Waals surface area contributed by atoms with E-state index < -0.39 is 6.04 Å². The molecule has 1 fully saturated rings. The number of rotatable bonds is 2. The quantitative estimate of drug-likeness (QED) is 0.705. The van der Waals surface area contributed by atoms with Crippen molar-refractivity contribution in [3.63, 3.8) is 0 Å². The molecule has 3 aliphatic rings. The number of carbonyl (C=O) groups excluding carboxylic acids is 3. The summed E-state index contributed by atoms with van der Waals surface area (Å²) in [5, 5.41) is 5.46. The molecule has 3 amide bonds. The zero-order valence-electron chi connectivity index (χ0n) is 12.2. The van der Waals surface area contributed by atoms with E-state index in [1.54, 1.807) is 4.90 Å². The second-order valence-corrected chi connectivity index (χ2v) is 5.87. The van der Waals surface area contributed by atoms with Gasteiger partial charge < -0.3 is 10.2 Å². The number of allylic oxidation sites excluding steroid dienone is 1. The molecule has 2 aliphatic heterocycles. The Kier molecular flexibility index (Phi) is 3.31. The Morgan fingerprint density at radius 2 is 2.05 bits per heavy atom. The normalized spacial score (nSPS) is 29.3. The average molecular weight is 289 g/mol. The second kappa shape index (κ2) is 5.02. The van der Waals surface area contributed by atoms with E-state index >= 15 is 0 Å². The first-order chi connectivity index (χ1) is 10.0. The molecule has 3 rings (SSSR count). The van der Waals surface area contributed by atoms with Gasteiger partial charge in [-0.3, -0.25) is 19.7 Å². The molecule has 0 aromatic carbocycles. The SMILES string of the molecule is CNC1=CC(C)CC2=C1CN(C1CCC(=O)NC1=O)C2=O.